The van der Waals surface area contributed by atoms with E-state index in [2.05, 4.69) is 4.90 Å². The summed E-state index contributed by atoms with van der Waals surface area (Å²) in [6, 6.07) is 9.44. The first-order valence-electron chi connectivity index (χ1n) is 10.4. The highest BCUT2D eigenvalue weighted by molar-refractivity contribution is 7.92. The molecule has 0 bridgehead atoms. The summed E-state index contributed by atoms with van der Waals surface area (Å²) in [5, 5.41) is 2.44. The summed E-state index contributed by atoms with van der Waals surface area (Å²) in [7, 11) is -0.566. The van der Waals surface area contributed by atoms with Gasteiger partial charge in [0.2, 0.25) is 0 Å². The number of sulfone groups is 1. The Morgan fingerprint density at radius 3 is 2.58 bits per heavy atom. The lowest BCUT2D eigenvalue weighted by atomic mass is 10.1. The van der Waals surface area contributed by atoms with Crippen LogP contribution in [0.15, 0.2) is 46.7 Å². The average Bonchev–Trinajstić information content (AvgIpc) is 3.29. The van der Waals surface area contributed by atoms with Crippen molar-refractivity contribution in [1.29, 1.82) is 0 Å². The van der Waals surface area contributed by atoms with Gasteiger partial charge in [-0.1, -0.05) is 17.7 Å². The molecule has 1 aliphatic heterocycles. The Bertz CT molecular complexity index is 1240. The monoisotopic (exact) mass is 510 g/mol. The molecule has 2 heterocycles. The van der Waals surface area contributed by atoms with Crippen LogP contribution in [-0.4, -0.2) is 46.0 Å². The van der Waals surface area contributed by atoms with Crippen molar-refractivity contribution < 1.29 is 22.3 Å². The molecular formula is C23H24ClFN2O4S2. The molecule has 1 aliphatic rings. The predicted molar refractivity (Wildman–Crippen MR) is 128 cm³/mol. The fourth-order valence-electron chi connectivity index (χ4n) is 3.93. The van der Waals surface area contributed by atoms with Crippen LogP contribution in [-0.2, 0) is 16.3 Å². The Labute approximate surface area is 201 Å². The second kappa shape index (κ2) is 9.87. The van der Waals surface area contributed by atoms with Crippen molar-refractivity contribution in [2.45, 2.75) is 29.4 Å². The number of rotatable bonds is 7. The van der Waals surface area contributed by atoms with Crippen molar-refractivity contribution in [1.82, 2.24) is 4.98 Å². The number of thiazole rings is 1. The van der Waals surface area contributed by atoms with Gasteiger partial charge in [-0.2, -0.15) is 0 Å². The van der Waals surface area contributed by atoms with E-state index in [4.69, 9.17) is 26.1 Å². The number of piperidine rings is 1. The zero-order valence-electron chi connectivity index (χ0n) is 18.3. The number of methoxy groups -OCH3 is 2. The van der Waals surface area contributed by atoms with Crippen molar-refractivity contribution in [3.05, 3.63) is 63.9 Å². The highest BCUT2D eigenvalue weighted by Gasteiger charge is 2.34. The maximum atomic E-state index is 13.4. The van der Waals surface area contributed by atoms with Crippen LogP contribution in [0.4, 0.5) is 9.52 Å². The molecule has 0 spiro atoms. The number of aromatic nitrogens is 1. The van der Waals surface area contributed by atoms with Gasteiger partial charge in [-0.15, -0.1) is 11.3 Å². The van der Waals surface area contributed by atoms with E-state index in [-0.39, 0.29) is 9.92 Å². The van der Waals surface area contributed by atoms with Gasteiger partial charge in [0.15, 0.2) is 15.0 Å². The molecule has 0 atom stereocenters. The molecule has 0 amide bonds. The summed E-state index contributed by atoms with van der Waals surface area (Å²) >= 11 is 7.39. The quantitative estimate of drug-likeness (QED) is 0.446. The van der Waals surface area contributed by atoms with Crippen molar-refractivity contribution in [2.24, 2.45) is 0 Å². The van der Waals surface area contributed by atoms with Gasteiger partial charge in [0, 0.05) is 31.0 Å². The summed E-state index contributed by atoms with van der Waals surface area (Å²) in [5.74, 6) is 0.398. The Morgan fingerprint density at radius 1 is 1.15 bits per heavy atom. The number of nitrogens with zero attached hydrogens (tertiary/aromatic N) is 2. The fourth-order valence-corrected chi connectivity index (χ4v) is 6.88. The summed E-state index contributed by atoms with van der Waals surface area (Å²) < 4.78 is 50.4. The summed E-state index contributed by atoms with van der Waals surface area (Å²) in [6.07, 6.45) is 1.55. The van der Waals surface area contributed by atoms with Crippen LogP contribution in [0, 0.1) is 5.82 Å². The molecule has 10 heteroatoms. The van der Waals surface area contributed by atoms with E-state index in [0.717, 1.165) is 16.4 Å². The SMILES string of the molecule is COc1ccc(S(=O)(=O)C2CCN(c3nc(Cc4ccc(F)c(Cl)c4)cs3)CC2)c(OC)c1. The highest BCUT2D eigenvalue weighted by Crippen LogP contribution is 2.35. The molecule has 33 heavy (non-hydrogen) atoms. The Balaban J connectivity index is 1.42. The normalized spacial score (nSPS) is 15.0. The van der Waals surface area contributed by atoms with E-state index >= 15 is 0 Å². The second-order valence-electron chi connectivity index (χ2n) is 7.79. The highest BCUT2D eigenvalue weighted by atomic mass is 35.5. The van der Waals surface area contributed by atoms with E-state index < -0.39 is 20.9 Å². The Kier molecular flexibility index (Phi) is 7.11. The van der Waals surface area contributed by atoms with Crippen LogP contribution in [0.2, 0.25) is 5.02 Å². The molecule has 1 saturated heterocycles. The minimum absolute atomic E-state index is 0.0970. The molecule has 2 aromatic carbocycles. The molecule has 0 N–H and O–H groups in total. The topological polar surface area (TPSA) is 68.7 Å². The molecule has 3 aromatic rings. The van der Waals surface area contributed by atoms with Gasteiger partial charge in [-0.05, 0) is 42.7 Å². The summed E-state index contributed by atoms with van der Waals surface area (Å²) in [6.45, 7) is 1.19. The fraction of sp³-hybridized carbons (Fsp3) is 0.348. The molecule has 4 rings (SSSR count). The first-order chi connectivity index (χ1) is 15.8. The smallest absolute Gasteiger partial charge is 0.185 e. The minimum Gasteiger partial charge on any atom is -0.497 e. The summed E-state index contributed by atoms with van der Waals surface area (Å²) in [4.78, 5) is 7.00. The standard InChI is InChI=1S/C23H24ClFN2O4S2/c1-30-17-4-6-22(21(13-17)31-2)33(28,29)18-7-9-27(10-8-18)23-26-16(14-32-23)11-15-3-5-20(25)19(24)12-15/h3-6,12-14,18H,7-11H2,1-2H3. The van der Waals surface area contributed by atoms with Gasteiger partial charge in [0.25, 0.3) is 0 Å². The second-order valence-corrected chi connectivity index (χ2v) is 11.2. The zero-order chi connectivity index (χ0) is 23.6. The van der Waals surface area contributed by atoms with E-state index in [9.17, 15) is 12.8 Å². The van der Waals surface area contributed by atoms with Gasteiger partial charge >= 0.3 is 0 Å². The van der Waals surface area contributed by atoms with Crippen LogP contribution in [0.3, 0.4) is 0 Å². The number of ether oxygens (including phenoxy) is 2. The molecule has 6 nitrogen and oxygen atoms in total. The van der Waals surface area contributed by atoms with Crippen molar-refractivity contribution in [3.8, 4) is 11.5 Å². The van der Waals surface area contributed by atoms with Crippen LogP contribution in [0.1, 0.15) is 24.1 Å². The average molecular weight is 511 g/mol. The third kappa shape index (κ3) is 5.10. The van der Waals surface area contributed by atoms with Crippen molar-refractivity contribution in [3.63, 3.8) is 0 Å². The van der Waals surface area contributed by atoms with E-state index in [0.29, 0.717) is 43.9 Å². The number of halogens is 2. The van der Waals surface area contributed by atoms with Crippen molar-refractivity contribution in [2.75, 3.05) is 32.2 Å². The van der Waals surface area contributed by atoms with Crippen molar-refractivity contribution >= 4 is 37.9 Å². The number of anilines is 1. The Morgan fingerprint density at radius 2 is 1.91 bits per heavy atom. The van der Waals surface area contributed by atoms with Crippen LogP contribution < -0.4 is 14.4 Å². The molecule has 0 radical (unpaired) electrons. The first kappa shape index (κ1) is 23.8. The lowest BCUT2D eigenvalue weighted by Gasteiger charge is -2.31. The first-order valence-corrected chi connectivity index (χ1v) is 13.2. The van der Waals surface area contributed by atoms with Gasteiger partial charge in [0.05, 0.1) is 30.2 Å². The van der Waals surface area contributed by atoms with Crippen LogP contribution in [0.25, 0.3) is 0 Å². The minimum atomic E-state index is -3.55. The predicted octanol–water partition coefficient (Wildman–Crippen LogP) is 4.99. The number of hydrogen-bond acceptors (Lipinski definition) is 7. The maximum absolute atomic E-state index is 13.4. The van der Waals surface area contributed by atoms with Gasteiger partial charge < -0.3 is 14.4 Å². The summed E-state index contributed by atoms with van der Waals surface area (Å²) in [5.41, 5.74) is 1.76. The Hall–Kier alpha value is -2.36. The van der Waals surface area contributed by atoms with E-state index in [1.165, 1.54) is 31.6 Å². The maximum Gasteiger partial charge on any atom is 0.185 e. The molecule has 0 aliphatic carbocycles. The van der Waals surface area contributed by atoms with Crippen LogP contribution in [0.5, 0.6) is 11.5 Å². The van der Waals surface area contributed by atoms with Gasteiger partial charge in [-0.25, -0.2) is 17.8 Å². The van der Waals surface area contributed by atoms with Gasteiger partial charge in [0.1, 0.15) is 22.2 Å². The molecule has 1 fully saturated rings. The van der Waals surface area contributed by atoms with E-state index in [1.807, 2.05) is 5.38 Å². The molecule has 176 valence electrons. The largest absolute Gasteiger partial charge is 0.497 e. The molecule has 0 saturated carbocycles. The zero-order valence-corrected chi connectivity index (χ0v) is 20.6. The van der Waals surface area contributed by atoms with Gasteiger partial charge in [-0.3, -0.25) is 0 Å². The molecule has 0 unspecified atom stereocenters. The molecule has 1 aromatic heterocycles. The number of hydrogen-bond donors (Lipinski definition) is 0. The lowest BCUT2D eigenvalue weighted by Crippen LogP contribution is -2.39. The van der Waals surface area contributed by atoms with Crippen LogP contribution >= 0.6 is 22.9 Å². The third-order valence-electron chi connectivity index (χ3n) is 5.74. The lowest BCUT2D eigenvalue weighted by molar-refractivity contribution is 0.385. The third-order valence-corrected chi connectivity index (χ3v) is 9.28. The van der Waals surface area contributed by atoms with E-state index in [1.54, 1.807) is 30.3 Å². The number of benzene rings is 2. The molecular weight excluding hydrogens is 487 g/mol.